The third-order valence-electron chi connectivity index (χ3n) is 2.38. The summed E-state index contributed by atoms with van der Waals surface area (Å²) >= 11 is 0. The molecular formula is C11H11F4NO3S. The predicted molar refractivity (Wildman–Crippen MR) is 64.8 cm³/mol. The maximum atomic E-state index is 12.8. The van der Waals surface area contributed by atoms with E-state index in [1.54, 1.807) is 0 Å². The first-order valence-electron chi connectivity index (χ1n) is 5.41. The zero-order valence-electron chi connectivity index (χ0n) is 10.2. The van der Waals surface area contributed by atoms with Crippen LogP contribution in [-0.2, 0) is 10.0 Å². The summed E-state index contributed by atoms with van der Waals surface area (Å²) in [5, 5.41) is 0. The molecule has 0 aromatic heterocycles. The number of rotatable bonds is 6. The van der Waals surface area contributed by atoms with Gasteiger partial charge >= 0.3 is 12.3 Å². The van der Waals surface area contributed by atoms with Gasteiger partial charge in [0.05, 0.1) is 5.75 Å². The molecule has 0 atom stereocenters. The molecule has 0 bridgehead atoms. The van der Waals surface area contributed by atoms with Gasteiger partial charge in [0.25, 0.3) is 0 Å². The standard InChI is InChI=1S/C11H11F4NO3S/c1-2-20(18,19)16-8-5-3-7(4-6-8)9(17)11(14,15)10(12)13/h3-6,10,16H,2H2,1H3. The largest absolute Gasteiger partial charge is 0.368 e. The van der Waals surface area contributed by atoms with Crippen LogP contribution in [0.5, 0.6) is 0 Å². The fourth-order valence-electron chi connectivity index (χ4n) is 1.23. The second-order valence-corrected chi connectivity index (χ2v) is 5.85. The summed E-state index contributed by atoms with van der Waals surface area (Å²) in [6, 6.07) is 3.79. The van der Waals surface area contributed by atoms with Crippen molar-refractivity contribution in [1.82, 2.24) is 0 Å². The Morgan fingerprint density at radius 1 is 1.25 bits per heavy atom. The van der Waals surface area contributed by atoms with Crippen molar-refractivity contribution in [2.75, 3.05) is 10.5 Å². The number of Topliss-reactive ketones (excluding diaryl/α,β-unsaturated/α-hetero) is 1. The predicted octanol–water partition coefficient (Wildman–Crippen LogP) is 2.53. The van der Waals surface area contributed by atoms with Crippen molar-refractivity contribution in [2.24, 2.45) is 0 Å². The Hall–Kier alpha value is -1.64. The molecule has 0 fully saturated rings. The summed E-state index contributed by atoms with van der Waals surface area (Å²) in [5.74, 6) is -6.99. The topological polar surface area (TPSA) is 63.2 Å². The van der Waals surface area contributed by atoms with Gasteiger partial charge in [-0.3, -0.25) is 9.52 Å². The number of ketones is 1. The molecule has 0 aliphatic heterocycles. The SMILES string of the molecule is CCS(=O)(=O)Nc1ccc(C(=O)C(F)(F)C(F)F)cc1. The number of carbonyl (C=O) groups is 1. The lowest BCUT2D eigenvalue weighted by atomic mass is 10.1. The van der Waals surface area contributed by atoms with E-state index < -0.39 is 33.7 Å². The van der Waals surface area contributed by atoms with Crippen molar-refractivity contribution in [3.63, 3.8) is 0 Å². The van der Waals surface area contributed by atoms with Crippen LogP contribution < -0.4 is 4.72 Å². The minimum Gasteiger partial charge on any atom is -0.287 e. The Kier molecular flexibility index (Phi) is 4.74. The number of anilines is 1. The van der Waals surface area contributed by atoms with Crippen LogP contribution in [0, 0.1) is 0 Å². The Balaban J connectivity index is 2.95. The van der Waals surface area contributed by atoms with Crippen LogP contribution in [0.3, 0.4) is 0 Å². The van der Waals surface area contributed by atoms with Crippen LogP contribution in [0.25, 0.3) is 0 Å². The van der Waals surface area contributed by atoms with E-state index in [4.69, 9.17) is 0 Å². The molecule has 1 aromatic rings. The van der Waals surface area contributed by atoms with Crippen molar-refractivity contribution in [3.8, 4) is 0 Å². The molecule has 0 saturated carbocycles. The monoisotopic (exact) mass is 313 g/mol. The van der Waals surface area contributed by atoms with Gasteiger partial charge in [-0.05, 0) is 31.2 Å². The summed E-state index contributed by atoms with van der Waals surface area (Å²) in [7, 11) is -3.55. The Labute approximate surface area is 112 Å². The van der Waals surface area contributed by atoms with Gasteiger partial charge in [-0.2, -0.15) is 8.78 Å². The normalized spacial score (nSPS) is 12.5. The fourth-order valence-corrected chi connectivity index (χ4v) is 1.87. The number of hydrogen-bond donors (Lipinski definition) is 1. The number of nitrogens with one attached hydrogen (secondary N) is 1. The lowest BCUT2D eigenvalue weighted by Gasteiger charge is -2.14. The van der Waals surface area contributed by atoms with Gasteiger partial charge < -0.3 is 0 Å². The van der Waals surface area contributed by atoms with E-state index in [2.05, 4.69) is 4.72 Å². The molecule has 1 aromatic carbocycles. The molecule has 0 aliphatic rings. The third-order valence-corrected chi connectivity index (χ3v) is 3.68. The van der Waals surface area contributed by atoms with Gasteiger partial charge in [-0.1, -0.05) is 0 Å². The number of carbonyl (C=O) groups excluding carboxylic acids is 1. The highest BCUT2D eigenvalue weighted by Crippen LogP contribution is 2.27. The first kappa shape index (κ1) is 16.4. The molecule has 9 heteroatoms. The second kappa shape index (κ2) is 5.78. The van der Waals surface area contributed by atoms with E-state index in [1.165, 1.54) is 6.92 Å². The number of alkyl halides is 4. The molecule has 0 amide bonds. The van der Waals surface area contributed by atoms with E-state index in [-0.39, 0.29) is 11.4 Å². The van der Waals surface area contributed by atoms with Gasteiger partial charge in [0.2, 0.25) is 15.8 Å². The summed E-state index contributed by atoms with van der Waals surface area (Å²) in [4.78, 5) is 11.2. The third kappa shape index (κ3) is 3.69. The van der Waals surface area contributed by atoms with E-state index in [0.717, 1.165) is 24.3 Å². The van der Waals surface area contributed by atoms with Crippen LogP contribution in [0.1, 0.15) is 17.3 Å². The van der Waals surface area contributed by atoms with Crippen LogP contribution in [0.4, 0.5) is 23.2 Å². The molecule has 0 aliphatic carbocycles. The van der Waals surface area contributed by atoms with Crippen LogP contribution >= 0.6 is 0 Å². The van der Waals surface area contributed by atoms with Crippen molar-refractivity contribution in [1.29, 1.82) is 0 Å². The van der Waals surface area contributed by atoms with E-state index in [1.807, 2.05) is 0 Å². The number of hydrogen-bond acceptors (Lipinski definition) is 3. The minimum absolute atomic E-state index is 0.0452. The van der Waals surface area contributed by atoms with Gasteiger partial charge in [0, 0.05) is 11.3 Å². The molecule has 112 valence electrons. The van der Waals surface area contributed by atoms with Crippen LogP contribution in [0.15, 0.2) is 24.3 Å². The first-order chi connectivity index (χ1) is 9.10. The zero-order chi connectivity index (χ0) is 15.6. The highest BCUT2D eigenvalue weighted by atomic mass is 32.2. The summed E-state index contributed by atoms with van der Waals surface area (Å²) in [6.07, 6.45) is -4.10. The van der Waals surface area contributed by atoms with E-state index in [9.17, 15) is 30.8 Å². The average molecular weight is 313 g/mol. The van der Waals surface area contributed by atoms with Crippen molar-refractivity contribution in [2.45, 2.75) is 19.3 Å². The molecule has 0 saturated heterocycles. The van der Waals surface area contributed by atoms with Crippen LogP contribution in [0.2, 0.25) is 0 Å². The molecule has 1 rings (SSSR count). The number of halogens is 4. The van der Waals surface area contributed by atoms with Crippen molar-refractivity contribution >= 4 is 21.5 Å². The molecular weight excluding hydrogens is 302 g/mol. The Morgan fingerprint density at radius 2 is 1.75 bits per heavy atom. The molecule has 1 N–H and O–H groups in total. The zero-order valence-corrected chi connectivity index (χ0v) is 11.1. The molecule has 0 radical (unpaired) electrons. The smallest absolute Gasteiger partial charge is 0.287 e. The molecule has 0 heterocycles. The molecule has 20 heavy (non-hydrogen) atoms. The summed E-state index contributed by atoms with van der Waals surface area (Å²) in [5.41, 5.74) is -0.585. The quantitative estimate of drug-likeness (QED) is 0.648. The lowest BCUT2D eigenvalue weighted by Crippen LogP contribution is -2.36. The molecule has 0 unspecified atom stereocenters. The van der Waals surface area contributed by atoms with Crippen molar-refractivity contribution < 1.29 is 30.8 Å². The fraction of sp³-hybridized carbons (Fsp3) is 0.364. The highest BCUT2D eigenvalue weighted by Gasteiger charge is 2.48. The number of sulfonamides is 1. The maximum absolute atomic E-state index is 12.8. The van der Waals surface area contributed by atoms with Gasteiger partial charge in [-0.25, -0.2) is 17.2 Å². The van der Waals surface area contributed by atoms with Gasteiger partial charge in [0.1, 0.15) is 0 Å². The van der Waals surface area contributed by atoms with Gasteiger partial charge in [-0.15, -0.1) is 0 Å². The first-order valence-corrected chi connectivity index (χ1v) is 7.06. The van der Waals surface area contributed by atoms with Crippen molar-refractivity contribution in [3.05, 3.63) is 29.8 Å². The number of benzene rings is 1. The van der Waals surface area contributed by atoms with E-state index in [0.29, 0.717) is 0 Å². The lowest BCUT2D eigenvalue weighted by molar-refractivity contribution is -0.0958. The average Bonchev–Trinajstić information content (AvgIpc) is 2.38. The summed E-state index contributed by atoms with van der Waals surface area (Å²) in [6.45, 7) is 1.39. The Morgan fingerprint density at radius 3 is 2.15 bits per heavy atom. The molecule has 4 nitrogen and oxygen atoms in total. The van der Waals surface area contributed by atoms with Crippen LogP contribution in [-0.4, -0.2) is 32.3 Å². The second-order valence-electron chi connectivity index (χ2n) is 3.84. The summed E-state index contributed by atoms with van der Waals surface area (Å²) < 4.78 is 74.3. The Bertz CT molecular complexity index is 584. The molecule has 0 spiro atoms. The van der Waals surface area contributed by atoms with Gasteiger partial charge in [0.15, 0.2) is 0 Å². The highest BCUT2D eigenvalue weighted by molar-refractivity contribution is 7.92. The van der Waals surface area contributed by atoms with E-state index >= 15 is 0 Å². The minimum atomic E-state index is -4.77. The maximum Gasteiger partial charge on any atom is 0.368 e.